The Balaban J connectivity index is 0. The number of thiol groups is 1. The van der Waals surface area contributed by atoms with Crippen molar-refractivity contribution in [2.75, 3.05) is 43.7 Å². The standard InChI is InChI=1S/2C8H11N.C7H18Si.C2H6S/c2*1-9(2)8-6-4-3-5-7-8;1-5-8(4,6-2)7-3;1-2-3/h2*3-7H,1-2H3;5-7H2,1-4H3;3H,2H2,1H3. The first-order valence-electron chi connectivity index (χ1n) is 10.8. The summed E-state index contributed by atoms with van der Waals surface area (Å²) < 4.78 is 0. The zero-order valence-corrected chi connectivity index (χ0v) is 22.3. The van der Waals surface area contributed by atoms with E-state index in [2.05, 4.69) is 74.0 Å². The number of hydrogen-bond donors (Lipinski definition) is 1. The number of rotatable bonds is 5. The predicted octanol–water partition coefficient (Wildman–Crippen LogP) is 7.57. The number of nitrogens with zero attached hydrogens (tertiary/aromatic N) is 2. The third-order valence-corrected chi connectivity index (χ3v) is 10.2. The molecule has 0 fully saturated rings. The molecule has 0 aromatic heterocycles. The predicted molar refractivity (Wildman–Crippen MR) is 144 cm³/mol. The molecule has 2 aromatic rings. The summed E-state index contributed by atoms with van der Waals surface area (Å²) in [6.07, 6.45) is 0. The zero-order valence-electron chi connectivity index (χ0n) is 20.4. The van der Waals surface area contributed by atoms with Gasteiger partial charge in [-0.15, -0.1) is 0 Å². The Morgan fingerprint density at radius 1 is 0.621 bits per heavy atom. The lowest BCUT2D eigenvalue weighted by atomic mass is 10.3. The van der Waals surface area contributed by atoms with Crippen LogP contribution in [-0.2, 0) is 0 Å². The summed E-state index contributed by atoms with van der Waals surface area (Å²) in [6, 6.07) is 24.9. The van der Waals surface area contributed by atoms with E-state index in [-0.39, 0.29) is 0 Å². The van der Waals surface area contributed by atoms with Crippen LogP contribution in [0.15, 0.2) is 60.7 Å². The molecule has 2 aromatic carbocycles. The summed E-state index contributed by atoms with van der Waals surface area (Å²) in [5, 5.41) is 0. The lowest BCUT2D eigenvalue weighted by molar-refractivity contribution is 1.13. The SMILES string of the molecule is CCS.CC[Si](C)(CC)CC.CN(C)c1ccccc1.CN(C)c1ccccc1. The van der Waals surface area contributed by atoms with Gasteiger partial charge in [-0.3, -0.25) is 0 Å². The molecule has 0 radical (unpaired) electrons. The normalized spacial score (nSPS) is 9.59. The zero-order chi connectivity index (χ0) is 22.7. The van der Waals surface area contributed by atoms with E-state index in [9.17, 15) is 0 Å². The van der Waals surface area contributed by atoms with Crippen molar-refractivity contribution in [3.8, 4) is 0 Å². The third-order valence-electron chi connectivity index (χ3n) is 5.11. The molecule has 0 spiro atoms. The topological polar surface area (TPSA) is 6.48 Å². The molecule has 0 N–H and O–H groups in total. The second-order valence-electron chi connectivity index (χ2n) is 7.65. The highest BCUT2D eigenvalue weighted by Gasteiger charge is 2.18. The van der Waals surface area contributed by atoms with E-state index in [0.29, 0.717) is 0 Å². The lowest BCUT2D eigenvalue weighted by Crippen LogP contribution is -2.25. The first-order valence-corrected chi connectivity index (χ1v) is 14.5. The summed E-state index contributed by atoms with van der Waals surface area (Å²) in [6.45, 7) is 11.5. The largest absolute Gasteiger partial charge is 0.378 e. The van der Waals surface area contributed by atoms with Crippen LogP contribution in [0.1, 0.15) is 27.7 Å². The molecule has 0 heterocycles. The van der Waals surface area contributed by atoms with Crippen LogP contribution in [0.2, 0.25) is 24.7 Å². The van der Waals surface area contributed by atoms with Crippen molar-refractivity contribution < 1.29 is 0 Å². The Labute approximate surface area is 188 Å². The lowest BCUT2D eigenvalue weighted by Gasteiger charge is -2.20. The maximum atomic E-state index is 3.79. The van der Waals surface area contributed by atoms with Gasteiger partial charge in [0.05, 0.1) is 0 Å². The minimum absolute atomic E-state index is 0.671. The number of anilines is 2. The molecular formula is C25H46N2SSi. The highest BCUT2D eigenvalue weighted by Crippen LogP contribution is 2.18. The van der Waals surface area contributed by atoms with Crippen molar-refractivity contribution in [1.29, 1.82) is 0 Å². The Morgan fingerprint density at radius 3 is 0.966 bits per heavy atom. The van der Waals surface area contributed by atoms with Crippen molar-refractivity contribution in [1.82, 2.24) is 0 Å². The molecule has 0 saturated heterocycles. The van der Waals surface area contributed by atoms with Gasteiger partial charge >= 0.3 is 0 Å². The number of para-hydroxylation sites is 2. The highest BCUT2D eigenvalue weighted by molar-refractivity contribution is 7.80. The molecule has 166 valence electrons. The second kappa shape index (κ2) is 18.6. The molecule has 0 aliphatic rings. The van der Waals surface area contributed by atoms with Gasteiger partial charge in [0.25, 0.3) is 0 Å². The Hall–Kier alpha value is -1.39. The minimum Gasteiger partial charge on any atom is -0.378 e. The Morgan fingerprint density at radius 2 is 0.862 bits per heavy atom. The molecule has 29 heavy (non-hydrogen) atoms. The van der Waals surface area contributed by atoms with E-state index in [1.54, 1.807) is 0 Å². The van der Waals surface area contributed by atoms with Crippen LogP contribution >= 0.6 is 12.6 Å². The molecule has 0 amide bonds. The van der Waals surface area contributed by atoms with Crippen LogP contribution < -0.4 is 9.80 Å². The van der Waals surface area contributed by atoms with Crippen molar-refractivity contribution in [2.45, 2.75) is 52.4 Å². The Bertz CT molecular complexity index is 518. The fourth-order valence-corrected chi connectivity index (χ4v) is 3.70. The first-order chi connectivity index (χ1) is 13.7. The molecule has 0 aliphatic carbocycles. The number of hydrogen-bond acceptors (Lipinski definition) is 3. The first kappa shape index (κ1) is 29.8. The maximum Gasteiger partial charge on any atom is 0.0496 e. The van der Waals surface area contributed by atoms with E-state index in [1.807, 2.05) is 71.5 Å². The van der Waals surface area contributed by atoms with Crippen LogP contribution in [0.5, 0.6) is 0 Å². The van der Waals surface area contributed by atoms with Gasteiger partial charge in [0.15, 0.2) is 0 Å². The van der Waals surface area contributed by atoms with Gasteiger partial charge < -0.3 is 9.80 Å². The molecule has 0 saturated carbocycles. The van der Waals surface area contributed by atoms with Gasteiger partial charge in [0.2, 0.25) is 0 Å². The van der Waals surface area contributed by atoms with Crippen LogP contribution in [0, 0.1) is 0 Å². The highest BCUT2D eigenvalue weighted by atomic mass is 32.1. The van der Waals surface area contributed by atoms with E-state index < -0.39 is 8.07 Å². The van der Waals surface area contributed by atoms with Crippen LogP contribution in [0.25, 0.3) is 0 Å². The molecule has 2 nitrogen and oxygen atoms in total. The summed E-state index contributed by atoms with van der Waals surface area (Å²) in [4.78, 5) is 4.17. The summed E-state index contributed by atoms with van der Waals surface area (Å²) in [5.74, 6) is 0.944. The fraction of sp³-hybridized carbons (Fsp3) is 0.520. The van der Waals surface area contributed by atoms with Crippen molar-refractivity contribution in [3.05, 3.63) is 60.7 Å². The molecule has 0 unspecified atom stereocenters. The minimum atomic E-state index is -0.671. The average Bonchev–Trinajstić information content (AvgIpc) is 2.76. The van der Waals surface area contributed by atoms with Crippen LogP contribution in [0.4, 0.5) is 11.4 Å². The van der Waals surface area contributed by atoms with Crippen molar-refractivity contribution >= 4 is 32.1 Å². The molecule has 2 rings (SSSR count). The van der Waals surface area contributed by atoms with Crippen LogP contribution in [-0.4, -0.2) is 42.0 Å². The average molecular weight is 435 g/mol. The number of benzene rings is 2. The quantitative estimate of drug-likeness (QED) is 0.383. The smallest absolute Gasteiger partial charge is 0.0496 e. The van der Waals surface area contributed by atoms with Gasteiger partial charge in [-0.1, -0.05) is 88.8 Å². The van der Waals surface area contributed by atoms with Gasteiger partial charge in [-0.25, -0.2) is 0 Å². The van der Waals surface area contributed by atoms with E-state index >= 15 is 0 Å². The van der Waals surface area contributed by atoms with Gasteiger partial charge in [0.1, 0.15) is 0 Å². The maximum absolute atomic E-state index is 3.79. The van der Waals surface area contributed by atoms with Gasteiger partial charge in [-0.2, -0.15) is 12.6 Å². The monoisotopic (exact) mass is 434 g/mol. The van der Waals surface area contributed by atoms with E-state index in [0.717, 1.165) is 5.75 Å². The molecule has 4 heteroatoms. The summed E-state index contributed by atoms with van der Waals surface area (Å²) in [5.41, 5.74) is 2.50. The van der Waals surface area contributed by atoms with E-state index in [4.69, 9.17) is 0 Å². The van der Waals surface area contributed by atoms with Crippen LogP contribution in [0.3, 0.4) is 0 Å². The van der Waals surface area contributed by atoms with Crippen molar-refractivity contribution in [3.63, 3.8) is 0 Å². The fourth-order valence-electron chi connectivity index (χ4n) is 2.20. The molecule has 0 bridgehead atoms. The van der Waals surface area contributed by atoms with Crippen molar-refractivity contribution in [2.24, 2.45) is 0 Å². The third kappa shape index (κ3) is 16.1. The summed E-state index contributed by atoms with van der Waals surface area (Å²) in [7, 11) is 7.48. The van der Waals surface area contributed by atoms with Gasteiger partial charge in [0, 0.05) is 47.6 Å². The molecular weight excluding hydrogens is 388 g/mol. The molecule has 0 atom stereocenters. The Kier molecular flexibility index (Phi) is 19.1. The van der Waals surface area contributed by atoms with E-state index in [1.165, 1.54) is 29.5 Å². The van der Waals surface area contributed by atoms with Gasteiger partial charge in [-0.05, 0) is 30.0 Å². The second-order valence-corrected chi connectivity index (χ2v) is 14.0. The molecule has 0 aliphatic heterocycles. The summed E-state index contributed by atoms with van der Waals surface area (Å²) >= 11 is 3.79.